The highest BCUT2D eigenvalue weighted by molar-refractivity contribution is 5.83. The minimum Gasteiger partial charge on any atom is -0.299 e. The van der Waals surface area contributed by atoms with E-state index in [2.05, 4.69) is 0 Å². The van der Waals surface area contributed by atoms with Gasteiger partial charge in [-0.2, -0.15) is 0 Å². The molecule has 0 N–H and O–H groups in total. The molecule has 1 aliphatic rings. The van der Waals surface area contributed by atoms with Crippen LogP contribution in [0.15, 0.2) is 54.6 Å². The fourth-order valence-corrected chi connectivity index (χ4v) is 3.59. The van der Waals surface area contributed by atoms with Crippen LogP contribution in [0.5, 0.6) is 0 Å². The van der Waals surface area contributed by atoms with Crippen molar-refractivity contribution in [1.82, 2.24) is 0 Å². The van der Waals surface area contributed by atoms with Crippen LogP contribution < -0.4 is 4.90 Å². The van der Waals surface area contributed by atoms with Gasteiger partial charge in [0.25, 0.3) is 5.69 Å². The Morgan fingerprint density at radius 1 is 1.00 bits per heavy atom. The van der Waals surface area contributed by atoms with Crippen molar-refractivity contribution in [2.24, 2.45) is 0 Å². The molecule has 0 bridgehead atoms. The second-order valence-corrected chi connectivity index (χ2v) is 5.83. The lowest BCUT2D eigenvalue weighted by Gasteiger charge is -2.39. The summed E-state index contributed by atoms with van der Waals surface area (Å²) in [6, 6.07) is 16.3. The maximum atomic E-state index is 11.9. The number of carbonyl (C=O) groups excluding carboxylic acids is 1. The molecule has 1 amide bonds. The lowest BCUT2D eigenvalue weighted by molar-refractivity contribution is -0.384. The summed E-state index contributed by atoms with van der Waals surface area (Å²) in [7, 11) is 0. The summed E-state index contributed by atoms with van der Waals surface area (Å²) in [6.07, 6.45) is 4.35. The summed E-state index contributed by atoms with van der Waals surface area (Å²) < 4.78 is 0. The van der Waals surface area contributed by atoms with Gasteiger partial charge in [0.15, 0.2) is 0 Å². The molecule has 2 aromatic carbocycles. The highest BCUT2D eigenvalue weighted by atomic mass is 16.6. The van der Waals surface area contributed by atoms with Gasteiger partial charge in [0.05, 0.1) is 10.5 Å². The number of amides is 1. The molecule has 0 atom stereocenters. The van der Waals surface area contributed by atoms with Crippen LogP contribution in [-0.4, -0.2) is 11.3 Å². The van der Waals surface area contributed by atoms with Crippen LogP contribution >= 0.6 is 0 Å². The Kier molecular flexibility index (Phi) is 4.10. The zero-order valence-corrected chi connectivity index (χ0v) is 12.7. The lowest BCUT2D eigenvalue weighted by Crippen LogP contribution is -2.44. The Balaban J connectivity index is 2.15. The number of para-hydroxylation sites is 2. The smallest absolute Gasteiger partial charge is 0.292 e. The van der Waals surface area contributed by atoms with Crippen molar-refractivity contribution in [2.75, 3.05) is 4.90 Å². The molecule has 1 saturated carbocycles. The zero-order valence-electron chi connectivity index (χ0n) is 12.7. The third-order valence-corrected chi connectivity index (χ3v) is 4.65. The third kappa shape index (κ3) is 2.59. The standard InChI is InChI=1S/C18H18N2O3/c21-14-19(16-10-4-5-11-17(16)20(22)23)18(12-6-7-13-18)15-8-2-1-3-9-15/h1-5,8-11,14H,6-7,12-13H2. The first-order valence-electron chi connectivity index (χ1n) is 7.73. The van der Waals surface area contributed by atoms with Crippen molar-refractivity contribution < 1.29 is 9.72 Å². The van der Waals surface area contributed by atoms with E-state index in [9.17, 15) is 14.9 Å². The molecule has 0 spiro atoms. The Hall–Kier alpha value is -2.69. The first-order valence-corrected chi connectivity index (χ1v) is 7.73. The van der Waals surface area contributed by atoms with Crippen LogP contribution in [0, 0.1) is 10.1 Å². The van der Waals surface area contributed by atoms with Gasteiger partial charge in [-0.05, 0) is 24.5 Å². The van der Waals surface area contributed by atoms with Gasteiger partial charge in [0.2, 0.25) is 6.41 Å². The summed E-state index contributed by atoms with van der Waals surface area (Å²) in [5.74, 6) is 0. The number of nitro benzene ring substituents is 1. The van der Waals surface area contributed by atoms with Gasteiger partial charge >= 0.3 is 0 Å². The second-order valence-electron chi connectivity index (χ2n) is 5.83. The van der Waals surface area contributed by atoms with Crippen molar-refractivity contribution >= 4 is 17.8 Å². The van der Waals surface area contributed by atoms with Gasteiger partial charge in [0.1, 0.15) is 5.69 Å². The number of anilines is 1. The SMILES string of the molecule is O=CN(c1ccccc1[N+](=O)[O-])C1(c2ccccc2)CCCC1. The van der Waals surface area contributed by atoms with Gasteiger partial charge in [-0.25, -0.2) is 0 Å². The molecule has 0 aromatic heterocycles. The van der Waals surface area contributed by atoms with Crippen molar-refractivity contribution in [3.8, 4) is 0 Å². The van der Waals surface area contributed by atoms with Crippen LogP contribution in [0.1, 0.15) is 31.2 Å². The third-order valence-electron chi connectivity index (χ3n) is 4.65. The molecule has 3 rings (SSSR count). The maximum absolute atomic E-state index is 11.9. The Labute approximate surface area is 134 Å². The van der Waals surface area contributed by atoms with Crippen molar-refractivity contribution in [1.29, 1.82) is 0 Å². The molecule has 0 heterocycles. The van der Waals surface area contributed by atoms with Crippen LogP contribution in [0.25, 0.3) is 0 Å². The number of carbonyl (C=O) groups is 1. The van der Waals surface area contributed by atoms with Crippen molar-refractivity contribution in [3.05, 3.63) is 70.3 Å². The molecule has 5 heteroatoms. The minimum absolute atomic E-state index is 0.0400. The molecule has 1 fully saturated rings. The first kappa shape index (κ1) is 15.2. The van der Waals surface area contributed by atoms with E-state index in [4.69, 9.17) is 0 Å². The monoisotopic (exact) mass is 310 g/mol. The molecule has 5 nitrogen and oxygen atoms in total. The summed E-state index contributed by atoms with van der Waals surface area (Å²) in [4.78, 5) is 24.4. The number of nitrogens with zero attached hydrogens (tertiary/aromatic N) is 2. The number of hydrogen-bond donors (Lipinski definition) is 0. The quantitative estimate of drug-likeness (QED) is 0.476. The molecule has 1 aliphatic carbocycles. The van der Waals surface area contributed by atoms with Crippen LogP contribution in [0.3, 0.4) is 0 Å². The number of nitro groups is 1. The predicted molar refractivity (Wildman–Crippen MR) is 88.2 cm³/mol. The van der Waals surface area contributed by atoms with Crippen LogP contribution in [0.4, 0.5) is 11.4 Å². The van der Waals surface area contributed by atoms with Gasteiger partial charge in [-0.3, -0.25) is 19.8 Å². The number of rotatable bonds is 5. The zero-order chi connectivity index (χ0) is 16.3. The average Bonchev–Trinajstić information content (AvgIpc) is 3.07. The van der Waals surface area contributed by atoms with E-state index < -0.39 is 10.5 Å². The minimum atomic E-state index is -0.505. The Bertz CT molecular complexity index is 709. The van der Waals surface area contributed by atoms with E-state index >= 15 is 0 Å². The summed E-state index contributed by atoms with van der Waals surface area (Å²) >= 11 is 0. The Morgan fingerprint density at radius 3 is 2.22 bits per heavy atom. The average molecular weight is 310 g/mol. The normalized spacial score (nSPS) is 16.0. The highest BCUT2D eigenvalue weighted by Crippen LogP contribution is 2.47. The molecule has 118 valence electrons. The van der Waals surface area contributed by atoms with E-state index in [1.165, 1.54) is 6.07 Å². The number of benzene rings is 2. The topological polar surface area (TPSA) is 63.5 Å². The fraction of sp³-hybridized carbons (Fsp3) is 0.278. The largest absolute Gasteiger partial charge is 0.299 e. The molecule has 2 aromatic rings. The van der Waals surface area contributed by atoms with Gasteiger partial charge < -0.3 is 0 Å². The highest BCUT2D eigenvalue weighted by Gasteiger charge is 2.43. The molecule has 23 heavy (non-hydrogen) atoms. The van der Waals surface area contributed by atoms with Crippen molar-refractivity contribution in [2.45, 2.75) is 31.2 Å². The van der Waals surface area contributed by atoms with E-state index in [0.29, 0.717) is 5.69 Å². The maximum Gasteiger partial charge on any atom is 0.292 e. The van der Waals surface area contributed by atoms with Crippen LogP contribution in [0.2, 0.25) is 0 Å². The lowest BCUT2D eigenvalue weighted by atomic mass is 9.86. The van der Waals surface area contributed by atoms with Gasteiger partial charge in [0, 0.05) is 6.07 Å². The van der Waals surface area contributed by atoms with Gasteiger partial charge in [-0.15, -0.1) is 0 Å². The van der Waals surface area contributed by atoms with E-state index in [1.807, 2.05) is 30.3 Å². The molecule has 0 unspecified atom stereocenters. The summed E-state index contributed by atoms with van der Waals surface area (Å²) in [6.45, 7) is 0. The second kappa shape index (κ2) is 6.20. The van der Waals surface area contributed by atoms with E-state index in [-0.39, 0.29) is 5.69 Å². The molecule has 0 aliphatic heterocycles. The summed E-state index contributed by atoms with van der Waals surface area (Å²) in [5, 5.41) is 11.4. The van der Waals surface area contributed by atoms with E-state index in [1.54, 1.807) is 23.1 Å². The van der Waals surface area contributed by atoms with Gasteiger partial charge in [-0.1, -0.05) is 55.3 Å². The molecule has 0 saturated heterocycles. The molecular weight excluding hydrogens is 292 g/mol. The van der Waals surface area contributed by atoms with Crippen LogP contribution in [-0.2, 0) is 10.3 Å². The first-order chi connectivity index (χ1) is 11.2. The fourth-order valence-electron chi connectivity index (χ4n) is 3.59. The molecule has 0 radical (unpaired) electrons. The summed E-state index contributed by atoms with van der Waals surface area (Å²) in [5.41, 5.74) is 0.845. The van der Waals surface area contributed by atoms with E-state index in [0.717, 1.165) is 37.7 Å². The predicted octanol–water partition coefficient (Wildman–Crippen LogP) is 4.03. The van der Waals surface area contributed by atoms with Crippen molar-refractivity contribution in [3.63, 3.8) is 0 Å². The molecular formula is C18H18N2O3. The number of hydrogen-bond acceptors (Lipinski definition) is 3. The Morgan fingerprint density at radius 2 is 1.61 bits per heavy atom.